The maximum absolute atomic E-state index is 10.4. The molecule has 4 rings (SSSR count). The molecular formula is C21H19N5O. The van der Waals surface area contributed by atoms with E-state index in [1.165, 1.54) is 0 Å². The molecule has 0 bridgehead atoms. The Morgan fingerprint density at radius 3 is 2.59 bits per heavy atom. The molecule has 1 aliphatic rings. The van der Waals surface area contributed by atoms with Gasteiger partial charge in [0.2, 0.25) is 0 Å². The number of azo groups is 1. The first-order valence-electron chi connectivity index (χ1n) is 8.59. The molecule has 0 spiro atoms. The summed E-state index contributed by atoms with van der Waals surface area (Å²) in [6.45, 7) is 0. The zero-order valence-electron chi connectivity index (χ0n) is 14.8. The minimum atomic E-state index is -0.0618. The van der Waals surface area contributed by atoms with Crippen molar-refractivity contribution in [3.05, 3.63) is 72.4 Å². The lowest BCUT2D eigenvalue weighted by Gasteiger charge is -2.17. The van der Waals surface area contributed by atoms with Gasteiger partial charge >= 0.3 is 0 Å². The van der Waals surface area contributed by atoms with Crippen LogP contribution in [0.1, 0.15) is 11.5 Å². The standard InChI is InChI=1S/C21H19N5O/c1-26-11-10-14(13-23-26)16-7-6-15(12-21(16)27)24-25-20-9-8-19(22)17-4-2-3-5-18(17)20/h2-14,27H,22H2,1H3. The van der Waals surface area contributed by atoms with Crippen LogP contribution in [0.2, 0.25) is 0 Å². The van der Waals surface area contributed by atoms with E-state index in [1.54, 1.807) is 17.3 Å². The van der Waals surface area contributed by atoms with Crippen LogP contribution in [0.25, 0.3) is 10.8 Å². The number of phenols is 1. The van der Waals surface area contributed by atoms with Crippen molar-refractivity contribution in [2.24, 2.45) is 15.3 Å². The SMILES string of the molecule is CN1C=CC(c2ccc(N=Nc3ccc(N)c4ccccc34)cc2O)C=N1. The number of nitrogen functional groups attached to an aromatic ring is 1. The molecule has 1 heterocycles. The van der Waals surface area contributed by atoms with Crippen molar-refractivity contribution in [2.45, 2.75) is 5.92 Å². The van der Waals surface area contributed by atoms with Crippen LogP contribution in [0.4, 0.5) is 17.1 Å². The van der Waals surface area contributed by atoms with Gasteiger partial charge in [-0.3, -0.25) is 5.01 Å². The number of hydrogen-bond acceptors (Lipinski definition) is 6. The summed E-state index contributed by atoms with van der Waals surface area (Å²) in [5.74, 6) is 0.104. The topological polar surface area (TPSA) is 86.6 Å². The Morgan fingerprint density at radius 2 is 1.85 bits per heavy atom. The Hall–Kier alpha value is -3.67. The predicted octanol–water partition coefficient (Wildman–Crippen LogP) is 5.07. The fourth-order valence-electron chi connectivity index (χ4n) is 3.05. The first-order valence-corrected chi connectivity index (χ1v) is 8.59. The van der Waals surface area contributed by atoms with Gasteiger partial charge in [0.1, 0.15) is 5.75 Å². The van der Waals surface area contributed by atoms with E-state index in [4.69, 9.17) is 5.73 Å². The summed E-state index contributed by atoms with van der Waals surface area (Å²) in [5, 5.41) is 26.8. The Kier molecular flexibility index (Phi) is 4.30. The molecular weight excluding hydrogens is 338 g/mol. The maximum Gasteiger partial charge on any atom is 0.121 e. The number of allylic oxidation sites excluding steroid dienone is 1. The molecule has 6 heteroatoms. The minimum absolute atomic E-state index is 0.0618. The van der Waals surface area contributed by atoms with Crippen molar-refractivity contribution in [2.75, 3.05) is 12.8 Å². The molecule has 0 aliphatic carbocycles. The van der Waals surface area contributed by atoms with Gasteiger partial charge in [-0.15, -0.1) is 5.11 Å². The molecule has 6 nitrogen and oxygen atoms in total. The second-order valence-corrected chi connectivity index (χ2v) is 6.37. The van der Waals surface area contributed by atoms with Gasteiger partial charge < -0.3 is 10.8 Å². The van der Waals surface area contributed by atoms with Crippen LogP contribution < -0.4 is 5.73 Å². The predicted molar refractivity (Wildman–Crippen MR) is 109 cm³/mol. The quantitative estimate of drug-likeness (QED) is 0.507. The van der Waals surface area contributed by atoms with Crippen molar-refractivity contribution in [3.8, 4) is 5.75 Å². The summed E-state index contributed by atoms with van der Waals surface area (Å²) >= 11 is 0. The molecule has 3 aromatic carbocycles. The third kappa shape index (κ3) is 3.37. The van der Waals surface area contributed by atoms with Crippen LogP contribution >= 0.6 is 0 Å². The number of nitrogens with zero attached hydrogens (tertiary/aromatic N) is 4. The number of hydrogen-bond donors (Lipinski definition) is 2. The molecule has 134 valence electrons. The number of benzene rings is 3. The van der Waals surface area contributed by atoms with E-state index < -0.39 is 0 Å². The smallest absolute Gasteiger partial charge is 0.121 e. The highest BCUT2D eigenvalue weighted by Crippen LogP contribution is 2.34. The summed E-state index contributed by atoms with van der Waals surface area (Å²) in [4.78, 5) is 0. The van der Waals surface area contributed by atoms with E-state index in [0.29, 0.717) is 11.4 Å². The van der Waals surface area contributed by atoms with E-state index in [-0.39, 0.29) is 11.7 Å². The summed E-state index contributed by atoms with van der Waals surface area (Å²) < 4.78 is 0. The third-order valence-electron chi connectivity index (χ3n) is 4.50. The molecule has 0 radical (unpaired) electrons. The molecule has 0 aromatic heterocycles. The van der Waals surface area contributed by atoms with Crippen LogP contribution in [0, 0.1) is 0 Å². The number of anilines is 1. The second-order valence-electron chi connectivity index (χ2n) is 6.37. The van der Waals surface area contributed by atoms with Gasteiger partial charge in [0.25, 0.3) is 0 Å². The fourth-order valence-corrected chi connectivity index (χ4v) is 3.05. The minimum Gasteiger partial charge on any atom is -0.508 e. The lowest BCUT2D eigenvalue weighted by molar-refractivity contribution is 0.463. The summed E-state index contributed by atoms with van der Waals surface area (Å²) in [6.07, 6.45) is 5.63. The molecule has 1 atom stereocenters. The Balaban J connectivity index is 1.62. The monoisotopic (exact) mass is 357 g/mol. The molecule has 3 N–H and O–H groups in total. The van der Waals surface area contributed by atoms with Crippen LogP contribution in [0.3, 0.4) is 0 Å². The Morgan fingerprint density at radius 1 is 1.04 bits per heavy atom. The molecule has 1 aliphatic heterocycles. The van der Waals surface area contributed by atoms with Crippen LogP contribution in [-0.2, 0) is 0 Å². The van der Waals surface area contributed by atoms with Gasteiger partial charge in [-0.25, -0.2) is 0 Å². The maximum atomic E-state index is 10.4. The van der Waals surface area contributed by atoms with Crippen molar-refractivity contribution in [1.82, 2.24) is 5.01 Å². The van der Waals surface area contributed by atoms with Crippen molar-refractivity contribution < 1.29 is 5.11 Å². The van der Waals surface area contributed by atoms with Gasteiger partial charge in [-0.2, -0.15) is 10.2 Å². The summed E-state index contributed by atoms with van der Waals surface area (Å²) in [6, 6.07) is 16.8. The van der Waals surface area contributed by atoms with Crippen molar-refractivity contribution >= 4 is 34.0 Å². The molecule has 3 aromatic rings. The van der Waals surface area contributed by atoms with E-state index in [2.05, 4.69) is 15.3 Å². The van der Waals surface area contributed by atoms with Gasteiger partial charge in [0.15, 0.2) is 0 Å². The van der Waals surface area contributed by atoms with E-state index in [1.807, 2.05) is 67.9 Å². The number of aromatic hydroxyl groups is 1. The molecule has 1 unspecified atom stereocenters. The van der Waals surface area contributed by atoms with E-state index in [0.717, 1.165) is 22.0 Å². The summed E-state index contributed by atoms with van der Waals surface area (Å²) in [5.41, 5.74) is 8.81. The van der Waals surface area contributed by atoms with Gasteiger partial charge in [0.05, 0.1) is 11.4 Å². The fraction of sp³-hybridized carbons (Fsp3) is 0.0952. The molecule has 0 fully saturated rings. The highest BCUT2D eigenvalue weighted by atomic mass is 16.3. The first kappa shape index (κ1) is 16.8. The number of nitrogens with two attached hydrogens (primary N) is 1. The zero-order chi connectivity index (χ0) is 18.8. The highest BCUT2D eigenvalue weighted by molar-refractivity contribution is 5.99. The summed E-state index contributed by atoms with van der Waals surface area (Å²) in [7, 11) is 1.85. The van der Waals surface area contributed by atoms with Gasteiger partial charge in [0, 0.05) is 53.5 Å². The molecule has 0 amide bonds. The van der Waals surface area contributed by atoms with Crippen molar-refractivity contribution in [3.63, 3.8) is 0 Å². The van der Waals surface area contributed by atoms with Gasteiger partial charge in [-0.1, -0.05) is 36.4 Å². The molecule has 0 saturated carbocycles. The Labute approximate surface area is 157 Å². The number of phenolic OH excluding ortho intramolecular Hbond substituents is 1. The largest absolute Gasteiger partial charge is 0.508 e. The second kappa shape index (κ2) is 6.92. The zero-order valence-corrected chi connectivity index (χ0v) is 14.8. The van der Waals surface area contributed by atoms with Gasteiger partial charge in [-0.05, 0) is 18.2 Å². The normalized spacial score (nSPS) is 16.5. The Bertz CT molecular complexity index is 1070. The van der Waals surface area contributed by atoms with E-state index in [9.17, 15) is 5.11 Å². The van der Waals surface area contributed by atoms with Crippen molar-refractivity contribution in [1.29, 1.82) is 0 Å². The molecule has 0 saturated heterocycles. The average molecular weight is 357 g/mol. The lowest BCUT2D eigenvalue weighted by atomic mass is 9.98. The molecule has 27 heavy (non-hydrogen) atoms. The number of rotatable bonds is 3. The average Bonchev–Trinajstić information content (AvgIpc) is 2.69. The van der Waals surface area contributed by atoms with Crippen LogP contribution in [-0.4, -0.2) is 23.4 Å². The lowest BCUT2D eigenvalue weighted by Crippen LogP contribution is -2.10. The van der Waals surface area contributed by atoms with Crippen LogP contribution in [0.15, 0.2) is 82.2 Å². The first-order chi connectivity index (χ1) is 13.1. The highest BCUT2D eigenvalue weighted by Gasteiger charge is 2.14. The number of fused-ring (bicyclic) bond motifs is 1. The van der Waals surface area contributed by atoms with Crippen LogP contribution in [0.5, 0.6) is 5.75 Å². The third-order valence-corrected chi connectivity index (χ3v) is 4.50. The number of hydrazone groups is 1. The van der Waals surface area contributed by atoms with E-state index >= 15 is 0 Å².